The number of aryl methyl sites for hydroxylation is 1. The number of benzene rings is 1. The summed E-state index contributed by atoms with van der Waals surface area (Å²) in [6, 6.07) is 7.95. The van der Waals surface area contributed by atoms with Crippen LogP contribution in [0.2, 0.25) is 0 Å². The fourth-order valence-corrected chi connectivity index (χ4v) is 2.75. The lowest BCUT2D eigenvalue weighted by atomic mass is 10.2. The third kappa shape index (κ3) is 3.43. The molecule has 0 spiro atoms. The molecule has 0 fully saturated rings. The lowest BCUT2D eigenvalue weighted by molar-refractivity contribution is 0.414. The van der Waals surface area contributed by atoms with Crippen molar-refractivity contribution in [2.45, 2.75) is 13.3 Å². The fraction of sp³-hybridized carbons (Fsp3) is 0.267. The Morgan fingerprint density at radius 3 is 3.05 bits per heavy atom. The van der Waals surface area contributed by atoms with E-state index >= 15 is 0 Å². The maximum atomic E-state index is 5.21. The molecule has 7 heteroatoms. The van der Waals surface area contributed by atoms with E-state index < -0.39 is 0 Å². The van der Waals surface area contributed by atoms with Gasteiger partial charge in [0.1, 0.15) is 5.75 Å². The predicted molar refractivity (Wildman–Crippen MR) is 85.3 cm³/mol. The minimum Gasteiger partial charge on any atom is -0.497 e. The van der Waals surface area contributed by atoms with Crippen LogP contribution in [0, 0.1) is 6.92 Å². The van der Waals surface area contributed by atoms with Crippen molar-refractivity contribution in [2.75, 3.05) is 19.0 Å². The second-order valence-electron chi connectivity index (χ2n) is 4.70. The molecule has 0 radical (unpaired) electrons. The zero-order chi connectivity index (χ0) is 15.4. The minimum absolute atomic E-state index is 0.408. The number of aromatic nitrogens is 3. The number of nitrogens with one attached hydrogen (secondary N) is 1. The Bertz CT molecular complexity index is 753. The quantitative estimate of drug-likeness (QED) is 0.753. The van der Waals surface area contributed by atoms with E-state index in [1.807, 2.05) is 37.4 Å². The molecule has 0 saturated carbocycles. The molecule has 114 valence electrons. The maximum absolute atomic E-state index is 5.21. The van der Waals surface area contributed by atoms with E-state index in [0.717, 1.165) is 22.7 Å². The standard InChI is InChI=1S/C15H16N4O2S/c1-10-9-17-13(22-10)6-7-16-15-18-14(19-21-15)11-4-3-5-12(8-11)20-2/h3-5,8-9H,6-7H2,1-2H3,(H,16,18,19). The molecule has 0 saturated heterocycles. The molecule has 0 amide bonds. The van der Waals surface area contributed by atoms with E-state index in [2.05, 4.69) is 20.4 Å². The van der Waals surface area contributed by atoms with Crippen LogP contribution in [-0.2, 0) is 6.42 Å². The van der Waals surface area contributed by atoms with Gasteiger partial charge in [-0.1, -0.05) is 17.3 Å². The Balaban J connectivity index is 1.61. The van der Waals surface area contributed by atoms with Crippen molar-refractivity contribution in [1.82, 2.24) is 15.1 Å². The summed E-state index contributed by atoms with van der Waals surface area (Å²) >= 11 is 1.70. The summed E-state index contributed by atoms with van der Waals surface area (Å²) in [7, 11) is 1.63. The second-order valence-corrected chi connectivity index (χ2v) is 6.02. The van der Waals surface area contributed by atoms with Crippen LogP contribution in [0.1, 0.15) is 9.88 Å². The van der Waals surface area contributed by atoms with Crippen molar-refractivity contribution < 1.29 is 9.26 Å². The summed E-state index contributed by atoms with van der Waals surface area (Å²) in [6.45, 7) is 2.75. The SMILES string of the molecule is COc1cccc(-c2noc(NCCc3ncc(C)s3)n2)c1. The van der Waals surface area contributed by atoms with Crippen molar-refractivity contribution in [3.8, 4) is 17.1 Å². The topological polar surface area (TPSA) is 73.1 Å². The van der Waals surface area contributed by atoms with Crippen LogP contribution in [0.15, 0.2) is 35.0 Å². The van der Waals surface area contributed by atoms with Gasteiger partial charge in [-0.3, -0.25) is 0 Å². The van der Waals surface area contributed by atoms with Gasteiger partial charge in [0, 0.05) is 29.6 Å². The van der Waals surface area contributed by atoms with E-state index in [-0.39, 0.29) is 0 Å². The van der Waals surface area contributed by atoms with Crippen LogP contribution in [0.25, 0.3) is 11.4 Å². The van der Waals surface area contributed by atoms with Crippen molar-refractivity contribution in [2.24, 2.45) is 0 Å². The molecule has 0 bridgehead atoms. The molecular weight excluding hydrogens is 300 g/mol. The molecule has 0 unspecified atom stereocenters. The van der Waals surface area contributed by atoms with Gasteiger partial charge in [-0.05, 0) is 19.1 Å². The van der Waals surface area contributed by atoms with Gasteiger partial charge in [0.05, 0.1) is 12.1 Å². The van der Waals surface area contributed by atoms with Gasteiger partial charge in [0.15, 0.2) is 0 Å². The molecule has 0 aliphatic heterocycles. The van der Waals surface area contributed by atoms with Crippen LogP contribution >= 0.6 is 11.3 Å². The number of anilines is 1. The van der Waals surface area contributed by atoms with Crippen LogP contribution < -0.4 is 10.1 Å². The van der Waals surface area contributed by atoms with Crippen LogP contribution in [0.5, 0.6) is 5.75 Å². The van der Waals surface area contributed by atoms with E-state index in [0.29, 0.717) is 18.4 Å². The largest absolute Gasteiger partial charge is 0.497 e. The number of hydrogen-bond donors (Lipinski definition) is 1. The first-order valence-corrected chi connectivity index (χ1v) is 7.69. The zero-order valence-corrected chi connectivity index (χ0v) is 13.2. The molecule has 2 heterocycles. The van der Waals surface area contributed by atoms with Crippen LogP contribution in [0.3, 0.4) is 0 Å². The average molecular weight is 316 g/mol. The Morgan fingerprint density at radius 1 is 1.36 bits per heavy atom. The summed E-state index contributed by atoms with van der Waals surface area (Å²) in [5.74, 6) is 1.29. The number of methoxy groups -OCH3 is 1. The monoisotopic (exact) mass is 316 g/mol. The third-order valence-electron chi connectivity index (χ3n) is 3.04. The fourth-order valence-electron chi connectivity index (χ4n) is 1.97. The number of hydrogen-bond acceptors (Lipinski definition) is 7. The van der Waals surface area contributed by atoms with E-state index in [4.69, 9.17) is 9.26 Å². The Labute approximate surface area is 132 Å². The number of rotatable bonds is 6. The molecule has 2 aromatic heterocycles. The molecule has 1 N–H and O–H groups in total. The maximum Gasteiger partial charge on any atom is 0.321 e. The Morgan fingerprint density at radius 2 is 2.27 bits per heavy atom. The first kappa shape index (κ1) is 14.5. The molecule has 3 aromatic rings. The summed E-state index contributed by atoms with van der Waals surface area (Å²) in [5.41, 5.74) is 0.853. The van der Waals surface area contributed by atoms with Gasteiger partial charge in [0.2, 0.25) is 5.82 Å². The van der Waals surface area contributed by atoms with E-state index in [1.54, 1.807) is 18.4 Å². The van der Waals surface area contributed by atoms with Gasteiger partial charge in [-0.25, -0.2) is 4.98 Å². The third-order valence-corrected chi connectivity index (χ3v) is 4.01. The highest BCUT2D eigenvalue weighted by atomic mass is 32.1. The van der Waals surface area contributed by atoms with Crippen LogP contribution in [-0.4, -0.2) is 28.8 Å². The molecule has 0 aliphatic carbocycles. The van der Waals surface area contributed by atoms with Crippen molar-refractivity contribution in [3.63, 3.8) is 0 Å². The highest BCUT2D eigenvalue weighted by Gasteiger charge is 2.09. The van der Waals surface area contributed by atoms with Crippen LogP contribution in [0.4, 0.5) is 6.01 Å². The first-order valence-electron chi connectivity index (χ1n) is 6.88. The van der Waals surface area contributed by atoms with E-state index in [1.165, 1.54) is 4.88 Å². The molecule has 22 heavy (non-hydrogen) atoms. The first-order chi connectivity index (χ1) is 10.7. The molecular formula is C15H16N4O2S. The zero-order valence-electron chi connectivity index (χ0n) is 12.4. The van der Waals surface area contributed by atoms with Gasteiger partial charge in [-0.15, -0.1) is 11.3 Å². The molecule has 0 atom stereocenters. The van der Waals surface area contributed by atoms with Gasteiger partial charge in [-0.2, -0.15) is 4.98 Å². The van der Waals surface area contributed by atoms with Crippen molar-refractivity contribution in [1.29, 1.82) is 0 Å². The summed E-state index contributed by atoms with van der Waals surface area (Å²) in [6.07, 6.45) is 2.71. The smallest absolute Gasteiger partial charge is 0.321 e. The number of ether oxygens (including phenoxy) is 1. The van der Waals surface area contributed by atoms with Crippen molar-refractivity contribution in [3.05, 3.63) is 40.3 Å². The summed E-state index contributed by atoms with van der Waals surface area (Å²) in [5, 5.41) is 8.19. The second kappa shape index (κ2) is 6.57. The Kier molecular flexibility index (Phi) is 4.34. The molecule has 3 rings (SSSR count). The normalized spacial score (nSPS) is 10.6. The summed E-state index contributed by atoms with van der Waals surface area (Å²) in [4.78, 5) is 9.86. The van der Waals surface area contributed by atoms with Crippen molar-refractivity contribution >= 4 is 17.4 Å². The van der Waals surface area contributed by atoms with E-state index in [9.17, 15) is 0 Å². The predicted octanol–water partition coefficient (Wildman–Crippen LogP) is 3.16. The molecule has 6 nitrogen and oxygen atoms in total. The van der Waals surface area contributed by atoms with Gasteiger partial charge in [0.25, 0.3) is 0 Å². The Hall–Kier alpha value is -2.41. The summed E-state index contributed by atoms with van der Waals surface area (Å²) < 4.78 is 10.4. The number of thiazole rings is 1. The average Bonchev–Trinajstić information content (AvgIpc) is 3.17. The highest BCUT2D eigenvalue weighted by Crippen LogP contribution is 2.22. The highest BCUT2D eigenvalue weighted by molar-refractivity contribution is 7.11. The minimum atomic E-state index is 0.408. The molecule has 1 aromatic carbocycles. The van der Waals surface area contributed by atoms with Gasteiger partial charge >= 0.3 is 6.01 Å². The number of nitrogens with zero attached hydrogens (tertiary/aromatic N) is 3. The molecule has 0 aliphatic rings. The lowest BCUT2D eigenvalue weighted by Gasteiger charge is -2.00. The van der Waals surface area contributed by atoms with Gasteiger partial charge < -0.3 is 14.6 Å². The lowest BCUT2D eigenvalue weighted by Crippen LogP contribution is -2.04.